The topological polar surface area (TPSA) is 61.5 Å². The molecule has 1 unspecified atom stereocenters. The predicted molar refractivity (Wildman–Crippen MR) is 54.9 cm³/mol. The smallest absolute Gasteiger partial charge is 0.308 e. The van der Waals surface area contributed by atoms with Crippen LogP contribution in [0.3, 0.4) is 0 Å². The van der Waals surface area contributed by atoms with Gasteiger partial charge in [-0.1, -0.05) is 6.92 Å². The highest BCUT2D eigenvalue weighted by molar-refractivity contribution is 5.71. The second kappa shape index (κ2) is 8.97. The maximum absolute atomic E-state index is 11.3. The van der Waals surface area contributed by atoms with Crippen molar-refractivity contribution in [3.05, 3.63) is 0 Å². The Morgan fingerprint density at radius 1 is 1.36 bits per heavy atom. The van der Waals surface area contributed by atoms with Gasteiger partial charge in [-0.05, 0) is 19.4 Å². The van der Waals surface area contributed by atoms with E-state index in [0.717, 1.165) is 19.3 Å². The fourth-order valence-corrected chi connectivity index (χ4v) is 1.06. The van der Waals surface area contributed by atoms with Crippen LogP contribution >= 0.6 is 0 Å². The van der Waals surface area contributed by atoms with Crippen LogP contribution in [0.1, 0.15) is 26.2 Å². The number of nitrogens with two attached hydrogens (primary N) is 1. The first-order chi connectivity index (χ1) is 6.72. The van der Waals surface area contributed by atoms with Crippen molar-refractivity contribution >= 4 is 5.97 Å². The number of hydrogen-bond acceptors (Lipinski definition) is 4. The highest BCUT2D eigenvalue weighted by atomic mass is 16.5. The van der Waals surface area contributed by atoms with Crippen molar-refractivity contribution in [3.8, 4) is 0 Å². The molecular formula is C10H21NO3. The van der Waals surface area contributed by atoms with E-state index in [2.05, 4.69) is 0 Å². The first-order valence-corrected chi connectivity index (χ1v) is 5.08. The summed E-state index contributed by atoms with van der Waals surface area (Å²) in [7, 11) is 1.63. The molecule has 1 atom stereocenters. The Kier molecular flexibility index (Phi) is 8.57. The average Bonchev–Trinajstić information content (AvgIpc) is 2.20. The molecule has 4 heteroatoms. The third-order valence-corrected chi connectivity index (χ3v) is 1.98. The number of carbonyl (C=O) groups is 1. The summed E-state index contributed by atoms with van der Waals surface area (Å²) >= 11 is 0. The van der Waals surface area contributed by atoms with Crippen molar-refractivity contribution in [2.24, 2.45) is 11.7 Å². The SMILES string of the molecule is COCCCOC(=O)C(C)CCCN. The van der Waals surface area contributed by atoms with Gasteiger partial charge in [-0.25, -0.2) is 0 Å². The molecule has 0 saturated carbocycles. The zero-order chi connectivity index (χ0) is 10.8. The van der Waals surface area contributed by atoms with Crippen LogP contribution in [-0.2, 0) is 14.3 Å². The molecule has 0 saturated heterocycles. The maximum Gasteiger partial charge on any atom is 0.308 e. The van der Waals surface area contributed by atoms with E-state index in [1.54, 1.807) is 7.11 Å². The molecule has 0 spiro atoms. The fourth-order valence-electron chi connectivity index (χ4n) is 1.06. The number of carbonyl (C=O) groups excluding carboxylic acids is 1. The third kappa shape index (κ3) is 6.86. The summed E-state index contributed by atoms with van der Waals surface area (Å²) < 4.78 is 9.88. The van der Waals surface area contributed by atoms with Crippen molar-refractivity contribution < 1.29 is 14.3 Å². The van der Waals surface area contributed by atoms with Gasteiger partial charge >= 0.3 is 5.97 Å². The standard InChI is InChI=1S/C10H21NO3/c1-9(5-3-6-11)10(12)14-8-4-7-13-2/h9H,3-8,11H2,1-2H3. The highest BCUT2D eigenvalue weighted by Gasteiger charge is 2.12. The summed E-state index contributed by atoms with van der Waals surface area (Å²) in [6, 6.07) is 0. The van der Waals surface area contributed by atoms with E-state index in [0.29, 0.717) is 19.8 Å². The van der Waals surface area contributed by atoms with E-state index in [9.17, 15) is 4.79 Å². The average molecular weight is 203 g/mol. The van der Waals surface area contributed by atoms with Gasteiger partial charge in [-0.15, -0.1) is 0 Å². The van der Waals surface area contributed by atoms with Crippen LogP contribution in [-0.4, -0.2) is 32.8 Å². The first-order valence-electron chi connectivity index (χ1n) is 5.08. The zero-order valence-electron chi connectivity index (χ0n) is 9.12. The molecule has 0 amide bonds. The molecule has 0 radical (unpaired) electrons. The van der Waals surface area contributed by atoms with Crippen molar-refractivity contribution in [1.29, 1.82) is 0 Å². The Labute approximate surface area is 85.8 Å². The first kappa shape index (κ1) is 13.4. The molecule has 84 valence electrons. The Hall–Kier alpha value is -0.610. The molecule has 0 aliphatic heterocycles. The van der Waals surface area contributed by atoms with Crippen LogP contribution in [0.15, 0.2) is 0 Å². The molecule has 0 heterocycles. The van der Waals surface area contributed by atoms with Crippen molar-refractivity contribution in [2.45, 2.75) is 26.2 Å². The van der Waals surface area contributed by atoms with E-state index in [1.165, 1.54) is 0 Å². The predicted octanol–water partition coefficient (Wildman–Crippen LogP) is 0.941. The van der Waals surface area contributed by atoms with Crippen LogP contribution in [0.4, 0.5) is 0 Å². The van der Waals surface area contributed by atoms with Crippen molar-refractivity contribution in [2.75, 3.05) is 26.9 Å². The molecule has 2 N–H and O–H groups in total. The van der Waals surface area contributed by atoms with Gasteiger partial charge in [0.2, 0.25) is 0 Å². The van der Waals surface area contributed by atoms with Gasteiger partial charge in [-0.2, -0.15) is 0 Å². The molecule has 0 fully saturated rings. The Morgan fingerprint density at radius 2 is 2.07 bits per heavy atom. The molecule has 0 aliphatic rings. The molecule has 0 bridgehead atoms. The van der Waals surface area contributed by atoms with Gasteiger partial charge < -0.3 is 15.2 Å². The lowest BCUT2D eigenvalue weighted by Crippen LogP contribution is -2.17. The summed E-state index contributed by atoms with van der Waals surface area (Å²) in [6.07, 6.45) is 2.43. The molecule has 0 aromatic heterocycles. The fraction of sp³-hybridized carbons (Fsp3) is 0.900. The van der Waals surface area contributed by atoms with Crippen LogP contribution < -0.4 is 5.73 Å². The Morgan fingerprint density at radius 3 is 2.64 bits per heavy atom. The lowest BCUT2D eigenvalue weighted by atomic mass is 10.1. The quantitative estimate of drug-likeness (QED) is 0.471. The van der Waals surface area contributed by atoms with Gasteiger partial charge in [0.1, 0.15) is 0 Å². The number of methoxy groups -OCH3 is 1. The maximum atomic E-state index is 11.3. The molecule has 0 aromatic rings. The molecule has 4 nitrogen and oxygen atoms in total. The van der Waals surface area contributed by atoms with Crippen LogP contribution in [0, 0.1) is 5.92 Å². The van der Waals surface area contributed by atoms with Crippen molar-refractivity contribution in [1.82, 2.24) is 0 Å². The van der Waals surface area contributed by atoms with E-state index in [4.69, 9.17) is 15.2 Å². The second-order valence-corrected chi connectivity index (χ2v) is 3.35. The van der Waals surface area contributed by atoms with Gasteiger partial charge in [0.15, 0.2) is 0 Å². The molecule has 0 aliphatic carbocycles. The van der Waals surface area contributed by atoms with Gasteiger partial charge in [0.25, 0.3) is 0 Å². The van der Waals surface area contributed by atoms with Gasteiger partial charge in [0, 0.05) is 20.1 Å². The minimum atomic E-state index is -0.130. The van der Waals surface area contributed by atoms with E-state index in [1.807, 2.05) is 6.92 Å². The third-order valence-electron chi connectivity index (χ3n) is 1.98. The summed E-state index contributed by atoms with van der Waals surface area (Å²) in [5.74, 6) is -0.171. The largest absolute Gasteiger partial charge is 0.465 e. The lowest BCUT2D eigenvalue weighted by molar-refractivity contribution is -0.148. The second-order valence-electron chi connectivity index (χ2n) is 3.35. The summed E-state index contributed by atoms with van der Waals surface area (Å²) in [5, 5.41) is 0. The van der Waals surface area contributed by atoms with E-state index in [-0.39, 0.29) is 11.9 Å². The number of ether oxygens (including phenoxy) is 2. The summed E-state index contributed by atoms with van der Waals surface area (Å²) in [6.45, 7) is 3.57. The van der Waals surface area contributed by atoms with Crippen molar-refractivity contribution in [3.63, 3.8) is 0 Å². The lowest BCUT2D eigenvalue weighted by Gasteiger charge is -2.10. The molecule has 0 aromatic carbocycles. The number of rotatable bonds is 8. The molecule has 14 heavy (non-hydrogen) atoms. The Bertz CT molecular complexity index is 150. The minimum Gasteiger partial charge on any atom is -0.465 e. The summed E-state index contributed by atoms with van der Waals surface area (Å²) in [4.78, 5) is 11.3. The monoisotopic (exact) mass is 203 g/mol. The molecular weight excluding hydrogens is 182 g/mol. The van der Waals surface area contributed by atoms with Crippen LogP contribution in [0.2, 0.25) is 0 Å². The van der Waals surface area contributed by atoms with Gasteiger partial charge in [-0.3, -0.25) is 4.79 Å². The van der Waals surface area contributed by atoms with E-state index < -0.39 is 0 Å². The molecule has 0 rings (SSSR count). The number of hydrogen-bond donors (Lipinski definition) is 1. The van der Waals surface area contributed by atoms with Gasteiger partial charge in [0.05, 0.1) is 12.5 Å². The normalized spacial score (nSPS) is 12.5. The number of esters is 1. The summed E-state index contributed by atoms with van der Waals surface area (Å²) in [5.41, 5.74) is 5.35. The van der Waals surface area contributed by atoms with E-state index >= 15 is 0 Å². The Balaban J connectivity index is 3.42. The zero-order valence-corrected chi connectivity index (χ0v) is 9.12. The minimum absolute atomic E-state index is 0.0407. The van der Waals surface area contributed by atoms with Crippen LogP contribution in [0.5, 0.6) is 0 Å². The highest BCUT2D eigenvalue weighted by Crippen LogP contribution is 2.06. The van der Waals surface area contributed by atoms with Crippen LogP contribution in [0.25, 0.3) is 0 Å².